The quantitative estimate of drug-likeness (QED) is 0.353. The van der Waals surface area contributed by atoms with Gasteiger partial charge in [0.2, 0.25) is 0 Å². The Morgan fingerprint density at radius 2 is 2.14 bits per heavy atom. The Morgan fingerprint density at radius 3 is 2.93 bits per heavy atom. The monoisotopic (exact) mass is 395 g/mol. The van der Waals surface area contributed by atoms with Crippen LogP contribution in [0.5, 0.6) is 0 Å². The van der Waals surface area contributed by atoms with Gasteiger partial charge in [0, 0.05) is 35.5 Å². The lowest BCUT2D eigenvalue weighted by atomic mass is 9.95. The van der Waals surface area contributed by atoms with Crippen molar-refractivity contribution in [3.63, 3.8) is 0 Å². The van der Waals surface area contributed by atoms with Crippen LogP contribution in [-0.2, 0) is 16.0 Å². The van der Waals surface area contributed by atoms with E-state index < -0.39 is 11.9 Å². The third-order valence-corrected chi connectivity index (χ3v) is 4.98. The second-order valence-electron chi connectivity index (χ2n) is 6.72. The minimum absolute atomic E-state index is 0.0156. The molecule has 148 valence electrons. The van der Waals surface area contributed by atoms with Crippen molar-refractivity contribution < 1.29 is 18.7 Å². The molecule has 3 aromatic rings. The predicted octanol–water partition coefficient (Wildman–Crippen LogP) is 3.39. The largest absolute Gasteiger partial charge is 0.420 e. The van der Waals surface area contributed by atoms with Crippen LogP contribution in [0.2, 0.25) is 0 Å². The molecule has 4 N–H and O–H groups in total. The number of carbonyl (C=O) groups excluding carboxylic acids is 2. The number of pyridine rings is 2. The number of rotatable bonds is 3. The van der Waals surface area contributed by atoms with Gasteiger partial charge in [0.15, 0.2) is 5.82 Å². The first-order valence-electron chi connectivity index (χ1n) is 9.01. The Kier molecular flexibility index (Phi) is 4.71. The predicted molar refractivity (Wildman–Crippen MR) is 107 cm³/mol. The van der Waals surface area contributed by atoms with Gasteiger partial charge in [-0.1, -0.05) is 0 Å². The fourth-order valence-corrected chi connectivity index (χ4v) is 3.56. The maximum absolute atomic E-state index is 15.1. The number of nitrogen functional groups attached to an aromatic ring is 1. The molecular formula is C20H18FN5O3. The summed E-state index contributed by atoms with van der Waals surface area (Å²) in [6.07, 6.45) is 3.93. The van der Waals surface area contributed by atoms with Crippen LogP contribution in [0.3, 0.4) is 0 Å². The van der Waals surface area contributed by atoms with E-state index >= 15 is 4.39 Å². The van der Waals surface area contributed by atoms with E-state index in [1.807, 2.05) is 6.92 Å². The summed E-state index contributed by atoms with van der Waals surface area (Å²) in [7, 11) is 0. The summed E-state index contributed by atoms with van der Waals surface area (Å²) in [6.45, 7) is 2.78. The summed E-state index contributed by atoms with van der Waals surface area (Å²) >= 11 is 0. The van der Waals surface area contributed by atoms with E-state index in [0.717, 1.165) is 36.3 Å². The second kappa shape index (κ2) is 7.34. The molecule has 4 rings (SSSR count). The summed E-state index contributed by atoms with van der Waals surface area (Å²) in [5.41, 5.74) is 9.73. The highest BCUT2D eigenvalue weighted by atomic mass is 19.1. The Labute approximate surface area is 165 Å². The number of halogens is 1. The number of carbonyl (C=O) groups is 2. The van der Waals surface area contributed by atoms with Crippen LogP contribution in [0, 0.1) is 12.7 Å². The highest BCUT2D eigenvalue weighted by Crippen LogP contribution is 2.38. The number of aromatic nitrogens is 2. The molecule has 0 saturated carbocycles. The molecule has 0 saturated heterocycles. The van der Waals surface area contributed by atoms with Crippen molar-refractivity contribution >= 4 is 40.5 Å². The number of anilines is 3. The molecule has 29 heavy (non-hydrogen) atoms. The highest BCUT2D eigenvalue weighted by Gasteiger charge is 2.20. The fourth-order valence-electron chi connectivity index (χ4n) is 3.56. The van der Waals surface area contributed by atoms with Crippen LogP contribution >= 0.6 is 0 Å². The Bertz CT molecular complexity index is 1150. The molecule has 9 heteroatoms. The zero-order valence-corrected chi connectivity index (χ0v) is 15.6. The zero-order valence-electron chi connectivity index (χ0n) is 15.6. The van der Waals surface area contributed by atoms with E-state index in [1.54, 1.807) is 12.3 Å². The van der Waals surface area contributed by atoms with Crippen LogP contribution in [0.15, 0.2) is 24.5 Å². The van der Waals surface area contributed by atoms with Crippen LogP contribution in [0.4, 0.5) is 26.4 Å². The van der Waals surface area contributed by atoms with Crippen LogP contribution in [-0.4, -0.2) is 29.1 Å². The first kappa shape index (κ1) is 18.6. The van der Waals surface area contributed by atoms with Crippen molar-refractivity contribution in [2.75, 3.05) is 22.9 Å². The normalized spacial score (nSPS) is 12.8. The van der Waals surface area contributed by atoms with Gasteiger partial charge in [0.1, 0.15) is 5.82 Å². The molecule has 0 radical (unpaired) electrons. The minimum Gasteiger partial charge on any atom is -0.396 e. The number of benzene rings is 1. The third-order valence-electron chi connectivity index (χ3n) is 4.98. The smallest absolute Gasteiger partial charge is 0.396 e. The lowest BCUT2D eigenvalue weighted by Crippen LogP contribution is -2.15. The van der Waals surface area contributed by atoms with Crippen molar-refractivity contribution in [1.82, 2.24) is 9.97 Å². The number of hydrogen-bond donors (Lipinski definition) is 3. The Morgan fingerprint density at radius 1 is 1.31 bits per heavy atom. The number of fused-ring (bicyclic) bond motifs is 2. The van der Waals surface area contributed by atoms with Crippen molar-refractivity contribution in [1.29, 1.82) is 0 Å². The van der Waals surface area contributed by atoms with Crippen LogP contribution in [0.1, 0.15) is 17.7 Å². The molecule has 1 aromatic carbocycles. The Hall–Kier alpha value is -3.75. The average molecular weight is 395 g/mol. The number of hydrogen-bond acceptors (Lipinski definition) is 7. The molecule has 1 amide bonds. The SMILES string of the molecule is Cc1c(-c2cc3cc(NC(=O)OC=O)ncc3c(N)c2F)cnc2c1NCCC2. The summed E-state index contributed by atoms with van der Waals surface area (Å²) < 4.78 is 19.3. The van der Waals surface area contributed by atoms with Gasteiger partial charge in [-0.05, 0) is 42.8 Å². The maximum Gasteiger partial charge on any atom is 0.420 e. The highest BCUT2D eigenvalue weighted by molar-refractivity contribution is 5.99. The van der Waals surface area contributed by atoms with Gasteiger partial charge in [0.05, 0.1) is 17.1 Å². The van der Waals surface area contributed by atoms with E-state index in [1.165, 1.54) is 12.3 Å². The molecule has 0 bridgehead atoms. The van der Waals surface area contributed by atoms with Crippen molar-refractivity contribution in [2.45, 2.75) is 19.8 Å². The molecular weight excluding hydrogens is 377 g/mol. The molecule has 0 aliphatic carbocycles. The number of amides is 1. The maximum atomic E-state index is 15.1. The molecule has 1 aliphatic rings. The molecule has 3 heterocycles. The summed E-state index contributed by atoms with van der Waals surface area (Å²) in [5.74, 6) is -0.413. The molecule has 2 aromatic heterocycles. The molecule has 1 aliphatic heterocycles. The number of nitrogens with zero attached hydrogens (tertiary/aromatic N) is 2. The van der Waals surface area contributed by atoms with Crippen molar-refractivity contribution in [3.8, 4) is 11.1 Å². The standard InChI is InChI=1S/C20H18FN5O3/c1-10-13(7-24-15-3-2-4-23-19(10)15)12-5-11-6-16(26-20(28)29-9-27)25-8-14(11)18(22)17(12)21/h5-9,23H,2-4,22H2,1H3,(H,25,26,28). The van der Waals surface area contributed by atoms with Gasteiger partial charge in [0.25, 0.3) is 0 Å². The molecule has 0 fully saturated rings. The van der Waals surface area contributed by atoms with E-state index in [2.05, 4.69) is 25.3 Å². The van der Waals surface area contributed by atoms with Gasteiger partial charge in [-0.3, -0.25) is 15.1 Å². The van der Waals surface area contributed by atoms with Crippen LogP contribution < -0.4 is 16.4 Å². The van der Waals surface area contributed by atoms with E-state index in [-0.39, 0.29) is 18.0 Å². The lowest BCUT2D eigenvalue weighted by Gasteiger charge is -2.21. The number of aryl methyl sites for hydroxylation is 1. The first-order chi connectivity index (χ1) is 14.0. The summed E-state index contributed by atoms with van der Waals surface area (Å²) in [4.78, 5) is 30.2. The summed E-state index contributed by atoms with van der Waals surface area (Å²) in [6, 6.07) is 3.16. The lowest BCUT2D eigenvalue weighted by molar-refractivity contribution is -0.122. The number of nitrogens with one attached hydrogen (secondary N) is 2. The molecule has 0 spiro atoms. The minimum atomic E-state index is -0.969. The number of ether oxygens (including phenoxy) is 1. The van der Waals surface area contributed by atoms with Gasteiger partial charge in [-0.25, -0.2) is 14.2 Å². The van der Waals surface area contributed by atoms with Gasteiger partial charge < -0.3 is 15.8 Å². The van der Waals surface area contributed by atoms with Gasteiger partial charge >= 0.3 is 12.6 Å². The first-order valence-corrected chi connectivity index (χ1v) is 9.01. The summed E-state index contributed by atoms with van der Waals surface area (Å²) in [5, 5.41) is 6.63. The Balaban J connectivity index is 1.83. The fraction of sp³-hybridized carbons (Fsp3) is 0.200. The topological polar surface area (TPSA) is 119 Å². The van der Waals surface area contributed by atoms with Gasteiger partial charge in [-0.15, -0.1) is 0 Å². The average Bonchev–Trinajstić information content (AvgIpc) is 2.71. The third kappa shape index (κ3) is 3.31. The van der Waals surface area contributed by atoms with E-state index in [0.29, 0.717) is 21.9 Å². The van der Waals surface area contributed by atoms with Crippen LogP contribution in [0.25, 0.3) is 21.9 Å². The van der Waals surface area contributed by atoms with Gasteiger partial charge in [-0.2, -0.15) is 0 Å². The van der Waals surface area contributed by atoms with E-state index in [9.17, 15) is 9.59 Å². The zero-order chi connectivity index (χ0) is 20.5. The van der Waals surface area contributed by atoms with E-state index in [4.69, 9.17) is 5.73 Å². The molecule has 0 atom stereocenters. The second-order valence-corrected chi connectivity index (χ2v) is 6.72. The number of nitrogens with two attached hydrogens (primary N) is 1. The van der Waals surface area contributed by atoms with Crippen molar-refractivity contribution in [3.05, 3.63) is 41.6 Å². The van der Waals surface area contributed by atoms with Crippen molar-refractivity contribution in [2.24, 2.45) is 0 Å². The molecule has 0 unspecified atom stereocenters. The molecule has 8 nitrogen and oxygen atoms in total.